The lowest BCUT2D eigenvalue weighted by atomic mass is 10.1. The van der Waals surface area contributed by atoms with Crippen molar-refractivity contribution in [2.24, 2.45) is 0 Å². The van der Waals surface area contributed by atoms with Gasteiger partial charge in [-0.15, -0.1) is 0 Å². The summed E-state index contributed by atoms with van der Waals surface area (Å²) >= 11 is 3.34. The van der Waals surface area contributed by atoms with Gasteiger partial charge >= 0.3 is 0 Å². The van der Waals surface area contributed by atoms with Crippen LogP contribution in [0.1, 0.15) is 40.4 Å². The minimum atomic E-state index is -0.356. The van der Waals surface area contributed by atoms with Gasteiger partial charge in [0.25, 0.3) is 0 Å². The van der Waals surface area contributed by atoms with Crippen LogP contribution in [0.5, 0.6) is 0 Å². The Hall–Kier alpha value is -1.17. The first-order chi connectivity index (χ1) is 8.71. The van der Waals surface area contributed by atoms with Gasteiger partial charge in [-0.1, -0.05) is 6.92 Å². The van der Waals surface area contributed by atoms with E-state index >= 15 is 0 Å². The van der Waals surface area contributed by atoms with Gasteiger partial charge in [0.15, 0.2) is 0 Å². The summed E-state index contributed by atoms with van der Waals surface area (Å²) in [5.41, 5.74) is -0.242. The molecule has 1 amide bonds. The number of aryl methyl sites for hydroxylation is 1. The van der Waals surface area contributed by atoms with Crippen LogP contribution in [0, 0.1) is 0 Å². The zero-order chi connectivity index (χ0) is 14.6. The van der Waals surface area contributed by atoms with Gasteiger partial charge in [-0.05, 0) is 43.6 Å². The Labute approximate surface area is 122 Å². The van der Waals surface area contributed by atoms with E-state index in [2.05, 4.69) is 36.5 Å². The molecule has 0 aromatic carbocycles. The Morgan fingerprint density at radius 3 is 2.58 bits per heavy atom. The van der Waals surface area contributed by atoms with Crippen molar-refractivity contribution < 1.29 is 4.79 Å². The number of aromatic nitrogens is 2. The number of hydrogen-bond acceptors (Lipinski definition) is 4. The van der Waals surface area contributed by atoms with E-state index in [-0.39, 0.29) is 17.5 Å². The maximum atomic E-state index is 12.0. The fourth-order valence-electron chi connectivity index (χ4n) is 1.46. The molecule has 19 heavy (non-hydrogen) atoms. The van der Waals surface area contributed by atoms with Crippen molar-refractivity contribution in [2.45, 2.75) is 52.6 Å². The predicted octanol–water partition coefficient (Wildman–Crippen LogP) is 2.52. The average molecular weight is 329 g/mol. The lowest BCUT2D eigenvalue weighted by Gasteiger charge is -2.24. The van der Waals surface area contributed by atoms with Crippen molar-refractivity contribution in [1.29, 1.82) is 0 Å². The maximum Gasteiger partial charge on any atom is 0.242 e. The summed E-state index contributed by atoms with van der Waals surface area (Å²) in [4.78, 5) is 20.5. The second-order valence-electron chi connectivity index (χ2n) is 5.45. The molecule has 1 rings (SSSR count). The second kappa shape index (κ2) is 6.32. The Morgan fingerprint density at radius 1 is 1.42 bits per heavy atom. The Kier molecular flexibility index (Phi) is 5.29. The van der Waals surface area contributed by atoms with Crippen LogP contribution in [0.15, 0.2) is 10.7 Å². The van der Waals surface area contributed by atoms with Crippen LogP contribution in [0.2, 0.25) is 0 Å². The Bertz CT molecular complexity index is 456. The van der Waals surface area contributed by atoms with Gasteiger partial charge in [-0.25, -0.2) is 9.97 Å². The summed E-state index contributed by atoms with van der Waals surface area (Å²) in [6, 6.07) is 1.41. The van der Waals surface area contributed by atoms with E-state index in [0.717, 1.165) is 12.2 Å². The van der Waals surface area contributed by atoms with Gasteiger partial charge in [0, 0.05) is 18.0 Å². The molecule has 106 valence electrons. The van der Waals surface area contributed by atoms with Crippen LogP contribution in [-0.2, 0) is 11.2 Å². The molecular weight excluding hydrogens is 308 g/mol. The van der Waals surface area contributed by atoms with E-state index in [4.69, 9.17) is 0 Å². The number of hydrogen-bond donors (Lipinski definition) is 2. The summed E-state index contributed by atoms with van der Waals surface area (Å²) in [6.45, 7) is 9.65. The minimum absolute atomic E-state index is 0.0553. The monoisotopic (exact) mass is 328 g/mol. The number of amides is 1. The zero-order valence-electron chi connectivity index (χ0n) is 12.0. The minimum Gasteiger partial charge on any atom is -0.358 e. The fourth-order valence-corrected chi connectivity index (χ4v) is 1.88. The van der Waals surface area contributed by atoms with Gasteiger partial charge < -0.3 is 10.6 Å². The molecule has 5 nitrogen and oxygen atoms in total. The smallest absolute Gasteiger partial charge is 0.242 e. The molecule has 0 saturated carbocycles. The first-order valence-electron chi connectivity index (χ1n) is 6.33. The maximum absolute atomic E-state index is 12.0. The first-order valence-corrected chi connectivity index (χ1v) is 7.12. The van der Waals surface area contributed by atoms with Crippen LogP contribution in [0.4, 0.5) is 5.82 Å². The van der Waals surface area contributed by atoms with Crippen molar-refractivity contribution in [2.75, 3.05) is 5.32 Å². The van der Waals surface area contributed by atoms with Crippen molar-refractivity contribution in [3.8, 4) is 0 Å². The van der Waals surface area contributed by atoms with E-state index in [0.29, 0.717) is 10.4 Å². The standard InChI is InChI=1S/C13H21BrN4O/c1-6-10-16-9(14)7-11(17-10)15-8(2)12(19)18-13(3,4)5/h7-8H,6H2,1-5H3,(H,18,19)(H,15,16,17). The van der Waals surface area contributed by atoms with Crippen LogP contribution in [0.3, 0.4) is 0 Å². The molecule has 6 heteroatoms. The highest BCUT2D eigenvalue weighted by molar-refractivity contribution is 9.10. The number of nitrogens with one attached hydrogen (secondary N) is 2. The third kappa shape index (κ3) is 5.55. The van der Waals surface area contributed by atoms with Gasteiger partial charge in [-0.2, -0.15) is 0 Å². The number of rotatable bonds is 4. The molecule has 0 bridgehead atoms. The van der Waals surface area contributed by atoms with Crippen LogP contribution < -0.4 is 10.6 Å². The SMILES string of the molecule is CCc1nc(Br)cc(NC(C)C(=O)NC(C)(C)C)n1. The lowest BCUT2D eigenvalue weighted by molar-refractivity contribution is -0.122. The van der Waals surface area contributed by atoms with Crippen molar-refractivity contribution in [1.82, 2.24) is 15.3 Å². The molecule has 1 heterocycles. The normalized spacial score (nSPS) is 12.9. The molecule has 0 aliphatic heterocycles. The lowest BCUT2D eigenvalue weighted by Crippen LogP contribution is -2.47. The summed E-state index contributed by atoms with van der Waals surface area (Å²) in [5.74, 6) is 1.33. The Morgan fingerprint density at radius 2 is 2.05 bits per heavy atom. The summed E-state index contributed by atoms with van der Waals surface area (Å²) < 4.78 is 0.713. The van der Waals surface area contributed by atoms with Crippen molar-refractivity contribution >= 4 is 27.7 Å². The number of halogens is 1. The highest BCUT2D eigenvalue weighted by Crippen LogP contribution is 2.14. The summed E-state index contributed by atoms with van der Waals surface area (Å²) in [7, 11) is 0. The van der Waals surface area contributed by atoms with Gasteiger partial charge in [0.2, 0.25) is 5.91 Å². The van der Waals surface area contributed by atoms with Gasteiger partial charge in [0.05, 0.1) is 0 Å². The van der Waals surface area contributed by atoms with E-state index in [9.17, 15) is 4.79 Å². The highest BCUT2D eigenvalue weighted by Gasteiger charge is 2.19. The number of carbonyl (C=O) groups excluding carboxylic acids is 1. The molecule has 1 atom stereocenters. The van der Waals surface area contributed by atoms with Crippen LogP contribution in [-0.4, -0.2) is 27.5 Å². The largest absolute Gasteiger partial charge is 0.358 e. The second-order valence-corrected chi connectivity index (χ2v) is 6.26. The first kappa shape index (κ1) is 15.9. The molecule has 0 fully saturated rings. The van der Waals surface area contributed by atoms with Crippen molar-refractivity contribution in [3.63, 3.8) is 0 Å². The third-order valence-corrected chi connectivity index (χ3v) is 2.72. The van der Waals surface area contributed by atoms with E-state index < -0.39 is 0 Å². The van der Waals surface area contributed by atoms with E-state index in [1.807, 2.05) is 34.6 Å². The van der Waals surface area contributed by atoms with E-state index in [1.165, 1.54) is 0 Å². The number of carbonyl (C=O) groups is 1. The number of nitrogens with zero attached hydrogens (tertiary/aromatic N) is 2. The molecule has 0 aliphatic carbocycles. The quantitative estimate of drug-likeness (QED) is 0.833. The highest BCUT2D eigenvalue weighted by atomic mass is 79.9. The average Bonchev–Trinajstić information content (AvgIpc) is 2.25. The summed E-state index contributed by atoms with van der Waals surface area (Å²) in [6.07, 6.45) is 0.747. The molecule has 0 aliphatic rings. The predicted molar refractivity (Wildman–Crippen MR) is 80.1 cm³/mol. The van der Waals surface area contributed by atoms with E-state index in [1.54, 1.807) is 6.07 Å². The van der Waals surface area contributed by atoms with Crippen LogP contribution >= 0.6 is 15.9 Å². The van der Waals surface area contributed by atoms with Crippen LogP contribution in [0.25, 0.3) is 0 Å². The zero-order valence-corrected chi connectivity index (χ0v) is 13.6. The topological polar surface area (TPSA) is 66.9 Å². The molecule has 1 unspecified atom stereocenters. The fraction of sp³-hybridized carbons (Fsp3) is 0.615. The Balaban J connectivity index is 2.74. The molecule has 0 spiro atoms. The molecule has 0 radical (unpaired) electrons. The molecular formula is C13H21BrN4O. The summed E-state index contributed by atoms with van der Waals surface area (Å²) in [5, 5.41) is 6.01. The third-order valence-electron chi connectivity index (χ3n) is 2.31. The molecule has 2 N–H and O–H groups in total. The van der Waals surface area contributed by atoms with Gasteiger partial charge in [0.1, 0.15) is 22.3 Å². The molecule has 1 aromatic heterocycles. The van der Waals surface area contributed by atoms with Crippen molar-refractivity contribution in [3.05, 3.63) is 16.5 Å². The molecule has 1 aromatic rings. The molecule has 0 saturated heterocycles. The number of anilines is 1. The van der Waals surface area contributed by atoms with Gasteiger partial charge in [-0.3, -0.25) is 4.79 Å².